The van der Waals surface area contributed by atoms with Gasteiger partial charge in [0, 0.05) is 63.0 Å². The van der Waals surface area contributed by atoms with Gasteiger partial charge < -0.3 is 29.7 Å². The lowest BCUT2D eigenvalue weighted by molar-refractivity contribution is -0.365. The summed E-state index contributed by atoms with van der Waals surface area (Å²) < 4.78 is 46.5. The van der Waals surface area contributed by atoms with Crippen LogP contribution in [-0.4, -0.2) is 69.4 Å². The van der Waals surface area contributed by atoms with Crippen LogP contribution in [0.2, 0.25) is 0 Å². The highest BCUT2D eigenvalue weighted by atomic mass is 79.9. The van der Waals surface area contributed by atoms with Crippen molar-refractivity contribution in [3.8, 4) is 0 Å². The van der Waals surface area contributed by atoms with Gasteiger partial charge >= 0.3 is 0 Å². The normalized spacial score (nSPS) is 11.3. The molecule has 300 valence electrons. The van der Waals surface area contributed by atoms with Crippen LogP contribution in [0.3, 0.4) is 0 Å². The van der Waals surface area contributed by atoms with Crippen LogP contribution in [0.15, 0.2) is 93.9 Å². The van der Waals surface area contributed by atoms with E-state index in [0.29, 0.717) is 74.1 Å². The van der Waals surface area contributed by atoms with E-state index in [1.807, 2.05) is 117 Å². The smallest absolute Gasteiger partial charge is 0.279 e. The fraction of sp³-hybridized carbons (Fsp3) is 0.293. The molecule has 12 nitrogen and oxygen atoms in total. The minimum Gasteiger partial charge on any atom is -0.329 e. The van der Waals surface area contributed by atoms with E-state index >= 15 is 0 Å². The average Bonchev–Trinajstić information content (AvgIpc) is 3.59. The number of benzene rings is 4. The van der Waals surface area contributed by atoms with Crippen LogP contribution in [0.25, 0.3) is 27.6 Å². The number of fused-ring (bicyclic) bond motifs is 4. The Balaban J connectivity index is 0.000000175. The number of anilines is 4. The van der Waals surface area contributed by atoms with Gasteiger partial charge in [0.2, 0.25) is 0 Å². The topological polar surface area (TPSA) is 129 Å². The summed E-state index contributed by atoms with van der Waals surface area (Å²) in [7, 11) is 3.79. The molecule has 3 heterocycles. The standard InChI is InChI=1S/C17H13BrFN5.C16H14BrFN4.C8H18O3/c1-10-21-22-17-20-16(23(2)11-6-4-3-5-7-11)12-8-14(19)13(18)9-15(12)24(10)17;1-22(10-5-3-2-4-6-10)16-11-7-13(18)12(17)8-14(11)20-15(9-19)21-16;1-5-9-8(4,10-6-2)11-7-3/h3-9H,1-2H3;2-8H,9,19H2,1H3;5-7H2,1-4H3. The SMILES string of the molecule is CCOC(C)(OCC)OCC.CN(c1ccccc1)c1nc(CN)nc2cc(Br)c(F)cc12.Cc1nnc2nc(N(C)c3ccccc3)c3cc(F)c(Br)cc3n12. The summed E-state index contributed by atoms with van der Waals surface area (Å²) in [5.41, 5.74) is 9.05. The maximum Gasteiger partial charge on any atom is 0.279 e. The highest BCUT2D eigenvalue weighted by Crippen LogP contribution is 2.34. The van der Waals surface area contributed by atoms with Crippen LogP contribution in [0.1, 0.15) is 39.3 Å². The summed E-state index contributed by atoms with van der Waals surface area (Å²) in [6.45, 7) is 11.4. The van der Waals surface area contributed by atoms with Gasteiger partial charge in [-0.2, -0.15) is 4.98 Å². The van der Waals surface area contributed by atoms with E-state index in [-0.39, 0.29) is 18.2 Å². The molecule has 0 unspecified atom stereocenters. The van der Waals surface area contributed by atoms with Crippen molar-refractivity contribution in [1.29, 1.82) is 0 Å². The Kier molecular flexibility index (Phi) is 15.0. The minimum atomic E-state index is -0.849. The molecular formula is C41H45Br2F2N9O3. The third-order valence-electron chi connectivity index (χ3n) is 8.62. The number of nitrogens with zero attached hydrogens (tertiary/aromatic N) is 8. The predicted octanol–water partition coefficient (Wildman–Crippen LogP) is 9.78. The van der Waals surface area contributed by atoms with E-state index < -0.39 is 5.97 Å². The molecule has 0 aliphatic carbocycles. The van der Waals surface area contributed by atoms with Crippen molar-refractivity contribution in [1.82, 2.24) is 29.5 Å². The number of halogens is 4. The fourth-order valence-corrected chi connectivity index (χ4v) is 6.64. The van der Waals surface area contributed by atoms with E-state index in [1.54, 1.807) is 19.1 Å². The van der Waals surface area contributed by atoms with E-state index in [1.165, 1.54) is 12.1 Å². The van der Waals surface area contributed by atoms with Gasteiger partial charge in [-0.1, -0.05) is 36.4 Å². The Labute approximate surface area is 347 Å². The predicted molar refractivity (Wildman–Crippen MR) is 228 cm³/mol. The molecule has 57 heavy (non-hydrogen) atoms. The van der Waals surface area contributed by atoms with Crippen LogP contribution >= 0.6 is 31.9 Å². The Bertz CT molecular complexity index is 2410. The Hall–Kier alpha value is -4.71. The maximum atomic E-state index is 14.2. The lowest BCUT2D eigenvalue weighted by atomic mass is 10.2. The van der Waals surface area contributed by atoms with Crippen molar-refractivity contribution >= 4 is 82.5 Å². The monoisotopic (exact) mass is 907 g/mol. The maximum absolute atomic E-state index is 14.2. The van der Waals surface area contributed by atoms with Crippen LogP contribution in [0, 0.1) is 18.6 Å². The van der Waals surface area contributed by atoms with Crippen molar-refractivity contribution in [3.05, 3.63) is 117 Å². The molecular weight excluding hydrogens is 864 g/mol. The first-order chi connectivity index (χ1) is 27.3. The summed E-state index contributed by atoms with van der Waals surface area (Å²) in [6.07, 6.45) is 0. The van der Waals surface area contributed by atoms with Gasteiger partial charge in [-0.3, -0.25) is 4.40 Å². The lowest BCUT2D eigenvalue weighted by Crippen LogP contribution is -2.35. The number of aryl methyl sites for hydroxylation is 1. The summed E-state index contributed by atoms with van der Waals surface area (Å²) in [6, 6.07) is 25.9. The van der Waals surface area contributed by atoms with Crippen molar-refractivity contribution < 1.29 is 23.0 Å². The quantitative estimate of drug-likeness (QED) is 0.125. The van der Waals surface area contributed by atoms with Gasteiger partial charge in [0.15, 0.2) is 0 Å². The molecule has 7 aromatic rings. The van der Waals surface area contributed by atoms with Crippen molar-refractivity contribution in [3.63, 3.8) is 0 Å². The van der Waals surface area contributed by atoms with E-state index in [4.69, 9.17) is 19.9 Å². The Morgan fingerprint density at radius 3 is 1.70 bits per heavy atom. The number of para-hydroxylation sites is 2. The molecule has 0 aliphatic rings. The number of nitrogens with two attached hydrogens (primary N) is 1. The fourth-order valence-electron chi connectivity index (χ4n) is 5.98. The molecule has 0 fully saturated rings. The van der Waals surface area contributed by atoms with Crippen LogP contribution in [0.5, 0.6) is 0 Å². The van der Waals surface area contributed by atoms with Crippen LogP contribution in [0.4, 0.5) is 31.8 Å². The van der Waals surface area contributed by atoms with E-state index in [2.05, 4.69) is 57.0 Å². The third kappa shape index (κ3) is 10.2. The highest BCUT2D eigenvalue weighted by molar-refractivity contribution is 9.10. The summed E-state index contributed by atoms with van der Waals surface area (Å²) in [5.74, 6) is 1.43. The molecule has 0 saturated heterocycles. The number of aromatic nitrogens is 6. The number of rotatable bonds is 11. The van der Waals surface area contributed by atoms with Crippen molar-refractivity contribution in [2.75, 3.05) is 43.7 Å². The largest absolute Gasteiger partial charge is 0.329 e. The molecule has 0 amide bonds. The number of hydrogen-bond donors (Lipinski definition) is 1. The van der Waals surface area contributed by atoms with E-state index in [9.17, 15) is 8.78 Å². The molecule has 0 saturated carbocycles. The van der Waals surface area contributed by atoms with Gasteiger partial charge in [0.25, 0.3) is 11.8 Å². The molecule has 0 aliphatic heterocycles. The summed E-state index contributed by atoms with van der Waals surface area (Å²) in [5, 5.41) is 9.55. The first-order valence-corrected chi connectivity index (χ1v) is 19.8. The Morgan fingerprint density at radius 2 is 1.19 bits per heavy atom. The molecule has 0 bridgehead atoms. The Morgan fingerprint density at radius 1 is 0.702 bits per heavy atom. The molecule has 3 aromatic heterocycles. The van der Waals surface area contributed by atoms with Gasteiger partial charge in [0.05, 0.1) is 26.5 Å². The molecule has 0 atom stereocenters. The summed E-state index contributed by atoms with van der Waals surface area (Å²) >= 11 is 6.45. The van der Waals surface area contributed by atoms with Gasteiger partial charge in [-0.15, -0.1) is 10.2 Å². The molecule has 7 rings (SSSR count). The van der Waals surface area contributed by atoms with Gasteiger partial charge in [0.1, 0.15) is 34.9 Å². The van der Waals surface area contributed by atoms with Gasteiger partial charge in [-0.05, 0) is 108 Å². The van der Waals surface area contributed by atoms with Crippen LogP contribution < -0.4 is 15.5 Å². The summed E-state index contributed by atoms with van der Waals surface area (Å²) in [4.78, 5) is 17.3. The van der Waals surface area contributed by atoms with Crippen molar-refractivity contribution in [2.24, 2.45) is 5.73 Å². The zero-order valence-corrected chi connectivity index (χ0v) is 36.0. The van der Waals surface area contributed by atoms with Gasteiger partial charge in [-0.25, -0.2) is 18.7 Å². The van der Waals surface area contributed by atoms with Crippen LogP contribution in [-0.2, 0) is 20.8 Å². The third-order valence-corrected chi connectivity index (χ3v) is 9.84. The molecule has 16 heteroatoms. The second-order valence-corrected chi connectivity index (χ2v) is 14.2. The first kappa shape index (κ1) is 43.4. The van der Waals surface area contributed by atoms with Crippen molar-refractivity contribution in [2.45, 2.75) is 47.1 Å². The van der Waals surface area contributed by atoms with E-state index in [0.717, 1.165) is 16.9 Å². The molecule has 0 spiro atoms. The first-order valence-electron chi connectivity index (χ1n) is 18.2. The number of hydrogen-bond acceptors (Lipinski definition) is 11. The highest BCUT2D eigenvalue weighted by Gasteiger charge is 2.25. The minimum absolute atomic E-state index is 0.223. The zero-order chi connectivity index (χ0) is 41.3. The second kappa shape index (κ2) is 19.6. The zero-order valence-electron chi connectivity index (χ0n) is 32.8. The average molecular weight is 910 g/mol. The lowest BCUT2D eigenvalue weighted by Gasteiger charge is -2.27. The molecule has 0 radical (unpaired) electrons. The molecule has 4 aromatic carbocycles. The molecule has 2 N–H and O–H groups in total. The second-order valence-electron chi connectivity index (χ2n) is 12.5. The number of ether oxygens (including phenoxy) is 3.